The van der Waals surface area contributed by atoms with E-state index in [1.165, 1.54) is 50.5 Å². The molecular formula is C36H34N4O6S2. The number of nitrogens with zero attached hydrogens (tertiary/aromatic N) is 1. The van der Waals surface area contributed by atoms with Crippen molar-refractivity contribution in [1.82, 2.24) is 10.3 Å². The van der Waals surface area contributed by atoms with Crippen LogP contribution < -0.4 is 30.2 Å². The number of hydrogen-bond acceptors (Lipinski definition) is 9. The number of anilines is 2. The van der Waals surface area contributed by atoms with Gasteiger partial charge in [0.2, 0.25) is 11.7 Å². The number of nitrogens with one attached hydrogen (secondary N) is 3. The number of aromatic nitrogens is 1. The Bertz CT molecular complexity index is 1970. The SMILES string of the molecule is COc1cc(/C=C(/NC(=O)c2ccccc2)C(=O)Nc2cccc(SC(C)C(=O)Nc3nc4ccc(C)cc4s3)c2)cc(OC)c1OC. The molecule has 5 rings (SSSR count). The first kappa shape index (κ1) is 34.0. The molecule has 1 atom stereocenters. The number of hydrogen-bond donors (Lipinski definition) is 3. The van der Waals surface area contributed by atoms with Crippen LogP contribution in [0.3, 0.4) is 0 Å². The largest absolute Gasteiger partial charge is 0.493 e. The predicted octanol–water partition coefficient (Wildman–Crippen LogP) is 7.16. The molecule has 246 valence electrons. The average Bonchev–Trinajstić information content (AvgIpc) is 3.49. The van der Waals surface area contributed by atoms with Gasteiger partial charge in [-0.3, -0.25) is 14.4 Å². The van der Waals surface area contributed by atoms with Crippen molar-refractivity contribution in [3.63, 3.8) is 0 Å². The summed E-state index contributed by atoms with van der Waals surface area (Å²) in [6.07, 6.45) is 1.52. The van der Waals surface area contributed by atoms with E-state index in [1.54, 1.807) is 67.6 Å². The van der Waals surface area contributed by atoms with Crippen LogP contribution in [0.1, 0.15) is 28.4 Å². The van der Waals surface area contributed by atoms with Crippen LogP contribution in [0, 0.1) is 6.92 Å². The number of amides is 3. The highest BCUT2D eigenvalue weighted by molar-refractivity contribution is 8.00. The summed E-state index contributed by atoms with van der Waals surface area (Å²) in [5, 5.41) is 8.61. The van der Waals surface area contributed by atoms with Gasteiger partial charge in [-0.2, -0.15) is 0 Å². The molecule has 1 unspecified atom stereocenters. The average molecular weight is 683 g/mol. The molecular weight excluding hydrogens is 649 g/mol. The minimum atomic E-state index is -0.563. The Kier molecular flexibility index (Phi) is 11.0. The van der Waals surface area contributed by atoms with Gasteiger partial charge in [-0.15, -0.1) is 11.8 Å². The fourth-order valence-corrected chi connectivity index (χ4v) is 6.58. The number of ether oxygens (including phenoxy) is 3. The molecule has 1 heterocycles. The van der Waals surface area contributed by atoms with Gasteiger partial charge in [0.25, 0.3) is 11.8 Å². The third-order valence-corrected chi connectivity index (χ3v) is 9.10. The summed E-state index contributed by atoms with van der Waals surface area (Å²) in [7, 11) is 4.48. The number of carbonyl (C=O) groups is 3. The molecule has 5 aromatic rings. The summed E-state index contributed by atoms with van der Waals surface area (Å²) >= 11 is 2.77. The highest BCUT2D eigenvalue weighted by Crippen LogP contribution is 2.39. The van der Waals surface area contributed by atoms with Gasteiger partial charge in [-0.05, 0) is 85.6 Å². The predicted molar refractivity (Wildman–Crippen MR) is 191 cm³/mol. The van der Waals surface area contributed by atoms with Crippen LogP contribution in [0.15, 0.2) is 95.5 Å². The number of fused-ring (bicyclic) bond motifs is 1. The summed E-state index contributed by atoms with van der Waals surface area (Å²) in [6.45, 7) is 3.82. The number of benzene rings is 4. The Morgan fingerprint density at radius 1 is 0.854 bits per heavy atom. The molecule has 10 nitrogen and oxygen atoms in total. The first-order valence-corrected chi connectivity index (χ1v) is 16.5. The zero-order valence-corrected chi connectivity index (χ0v) is 28.6. The molecule has 0 fully saturated rings. The third kappa shape index (κ3) is 8.33. The molecule has 4 aromatic carbocycles. The normalized spacial score (nSPS) is 11.8. The van der Waals surface area contributed by atoms with Crippen molar-refractivity contribution in [3.05, 3.63) is 107 Å². The van der Waals surface area contributed by atoms with E-state index in [0.717, 1.165) is 20.7 Å². The first-order valence-electron chi connectivity index (χ1n) is 14.8. The Balaban J connectivity index is 1.34. The second kappa shape index (κ2) is 15.5. The van der Waals surface area contributed by atoms with E-state index < -0.39 is 17.1 Å². The van der Waals surface area contributed by atoms with Gasteiger partial charge < -0.3 is 30.2 Å². The summed E-state index contributed by atoms with van der Waals surface area (Å²) in [6, 6.07) is 25.0. The van der Waals surface area contributed by atoms with Crippen molar-refractivity contribution in [2.24, 2.45) is 0 Å². The van der Waals surface area contributed by atoms with E-state index in [2.05, 4.69) is 20.9 Å². The summed E-state index contributed by atoms with van der Waals surface area (Å²) in [5.41, 5.74) is 3.33. The smallest absolute Gasteiger partial charge is 0.272 e. The molecule has 3 N–H and O–H groups in total. The number of carbonyl (C=O) groups excluding carboxylic acids is 3. The van der Waals surface area contributed by atoms with Crippen LogP contribution in [0.5, 0.6) is 17.2 Å². The molecule has 0 saturated heterocycles. The summed E-state index contributed by atoms with van der Waals surface area (Å²) in [5.74, 6) is -0.0473. The van der Waals surface area contributed by atoms with Gasteiger partial charge in [-0.25, -0.2) is 4.98 Å². The molecule has 0 aliphatic rings. The van der Waals surface area contributed by atoms with E-state index in [9.17, 15) is 14.4 Å². The number of thioether (sulfide) groups is 1. The lowest BCUT2D eigenvalue weighted by Crippen LogP contribution is -2.30. The number of thiazole rings is 1. The van der Waals surface area contributed by atoms with E-state index in [1.807, 2.05) is 31.2 Å². The highest BCUT2D eigenvalue weighted by Gasteiger charge is 2.20. The lowest BCUT2D eigenvalue weighted by molar-refractivity contribution is -0.115. The Morgan fingerprint density at radius 2 is 1.58 bits per heavy atom. The lowest BCUT2D eigenvalue weighted by Gasteiger charge is -2.15. The van der Waals surface area contributed by atoms with Gasteiger partial charge >= 0.3 is 0 Å². The zero-order valence-electron chi connectivity index (χ0n) is 27.0. The van der Waals surface area contributed by atoms with E-state index >= 15 is 0 Å². The third-order valence-electron chi connectivity index (χ3n) is 7.07. The second-order valence-corrected chi connectivity index (χ2v) is 13.0. The monoisotopic (exact) mass is 682 g/mol. The zero-order chi connectivity index (χ0) is 34.2. The van der Waals surface area contributed by atoms with Crippen molar-refractivity contribution in [3.8, 4) is 17.2 Å². The number of methoxy groups -OCH3 is 3. The molecule has 1 aromatic heterocycles. The second-order valence-electron chi connectivity index (χ2n) is 10.6. The van der Waals surface area contributed by atoms with Crippen molar-refractivity contribution in [1.29, 1.82) is 0 Å². The Hall–Kier alpha value is -5.33. The van der Waals surface area contributed by atoms with Gasteiger partial charge in [-0.1, -0.05) is 41.7 Å². The molecule has 0 bridgehead atoms. The van der Waals surface area contributed by atoms with Gasteiger partial charge in [0.15, 0.2) is 16.6 Å². The minimum Gasteiger partial charge on any atom is -0.493 e. The maximum atomic E-state index is 13.7. The van der Waals surface area contributed by atoms with Crippen molar-refractivity contribution in [2.75, 3.05) is 32.0 Å². The van der Waals surface area contributed by atoms with Crippen LogP contribution in [0.2, 0.25) is 0 Å². The van der Waals surface area contributed by atoms with Crippen LogP contribution in [-0.2, 0) is 9.59 Å². The Labute approximate surface area is 286 Å². The molecule has 0 aliphatic carbocycles. The molecule has 12 heteroatoms. The molecule has 48 heavy (non-hydrogen) atoms. The number of rotatable bonds is 12. The molecule has 0 spiro atoms. The van der Waals surface area contributed by atoms with Crippen LogP contribution in [0.4, 0.5) is 10.8 Å². The van der Waals surface area contributed by atoms with Gasteiger partial charge in [0.1, 0.15) is 5.70 Å². The van der Waals surface area contributed by atoms with E-state index in [0.29, 0.717) is 39.2 Å². The standard InChI is InChI=1S/C36H34N4O6S2/c1-21-14-15-27-31(16-21)48-36(39-27)40-33(41)22(2)47-26-13-9-12-25(20-26)37-35(43)28(38-34(42)24-10-7-6-8-11-24)17-23-18-29(44-3)32(46-5)30(19-23)45-4/h6-20,22H,1-5H3,(H,37,43)(H,38,42)(H,39,40,41)/b28-17+. The topological polar surface area (TPSA) is 128 Å². The van der Waals surface area contributed by atoms with Gasteiger partial charge in [0.05, 0.1) is 36.8 Å². The van der Waals surface area contributed by atoms with E-state index in [4.69, 9.17) is 14.2 Å². The quantitative estimate of drug-likeness (QED) is 0.0935. The van der Waals surface area contributed by atoms with Gasteiger partial charge in [0, 0.05) is 16.1 Å². The maximum absolute atomic E-state index is 13.7. The molecule has 3 amide bonds. The van der Waals surface area contributed by atoms with Crippen molar-refractivity contribution >= 4 is 67.9 Å². The van der Waals surface area contributed by atoms with Crippen LogP contribution in [-0.4, -0.2) is 49.3 Å². The Morgan fingerprint density at radius 3 is 2.27 bits per heavy atom. The van der Waals surface area contributed by atoms with Crippen molar-refractivity contribution < 1.29 is 28.6 Å². The van der Waals surface area contributed by atoms with Crippen LogP contribution in [0.25, 0.3) is 16.3 Å². The number of aryl methyl sites for hydroxylation is 1. The minimum absolute atomic E-state index is 0.0186. The van der Waals surface area contributed by atoms with Crippen LogP contribution >= 0.6 is 23.1 Å². The fourth-order valence-electron chi connectivity index (χ4n) is 4.69. The molecule has 0 saturated carbocycles. The summed E-state index contributed by atoms with van der Waals surface area (Å²) < 4.78 is 17.4. The highest BCUT2D eigenvalue weighted by atomic mass is 32.2. The lowest BCUT2D eigenvalue weighted by atomic mass is 10.1. The first-order chi connectivity index (χ1) is 23.2. The molecule has 0 aliphatic heterocycles. The maximum Gasteiger partial charge on any atom is 0.272 e. The van der Waals surface area contributed by atoms with Crippen molar-refractivity contribution in [2.45, 2.75) is 24.0 Å². The fraction of sp³-hybridized carbons (Fsp3) is 0.167. The summed E-state index contributed by atoms with van der Waals surface area (Å²) in [4.78, 5) is 45.1. The van der Waals surface area contributed by atoms with E-state index in [-0.39, 0.29) is 11.6 Å². The molecule has 0 radical (unpaired) electrons.